The van der Waals surface area contributed by atoms with Crippen LogP contribution in [0.3, 0.4) is 0 Å². The zero-order valence-corrected chi connectivity index (χ0v) is 15.3. The van der Waals surface area contributed by atoms with E-state index in [-0.39, 0.29) is 11.3 Å². The van der Waals surface area contributed by atoms with E-state index in [1.165, 1.54) is 18.5 Å². The summed E-state index contributed by atoms with van der Waals surface area (Å²) in [7, 11) is 0. The average molecular weight is 416 g/mol. The van der Waals surface area contributed by atoms with Gasteiger partial charge in [0.2, 0.25) is 0 Å². The molecule has 26 heavy (non-hydrogen) atoms. The molecule has 7 nitrogen and oxygen atoms in total. The van der Waals surface area contributed by atoms with Gasteiger partial charge in [-0.15, -0.1) is 0 Å². The minimum absolute atomic E-state index is 0.174. The molecular formula is C18H14BrN3O4. The normalized spacial score (nSPS) is 16.0. The van der Waals surface area contributed by atoms with Crippen molar-refractivity contribution >= 4 is 45.5 Å². The van der Waals surface area contributed by atoms with Crippen LogP contribution in [0.15, 0.2) is 52.8 Å². The SMILES string of the molecule is CCOc1ccc(Br)cc1/C=C1\C(=O)NC(=O)N(c2cccnc2)C1=O. The molecule has 1 aliphatic heterocycles. The number of amides is 4. The van der Waals surface area contributed by atoms with E-state index in [9.17, 15) is 14.4 Å². The van der Waals surface area contributed by atoms with Crippen LogP contribution in [0.5, 0.6) is 5.75 Å². The molecule has 2 aromatic rings. The lowest BCUT2D eigenvalue weighted by Crippen LogP contribution is -2.54. The number of rotatable bonds is 4. The van der Waals surface area contributed by atoms with E-state index >= 15 is 0 Å². The number of aromatic nitrogens is 1. The average Bonchev–Trinajstić information content (AvgIpc) is 2.61. The molecule has 0 aliphatic carbocycles. The zero-order chi connectivity index (χ0) is 18.7. The standard InChI is InChI=1S/C18H14BrN3O4/c1-2-26-15-6-5-12(19)8-11(15)9-14-16(23)21-18(25)22(17(14)24)13-4-3-7-20-10-13/h3-10H,2H2,1H3,(H,21,23,25)/b14-9+. The van der Waals surface area contributed by atoms with E-state index in [4.69, 9.17) is 4.74 Å². The number of carbonyl (C=O) groups is 3. The maximum absolute atomic E-state index is 12.8. The molecule has 1 aromatic heterocycles. The number of carbonyl (C=O) groups excluding carboxylic acids is 3. The Kier molecular flexibility index (Phi) is 5.13. The molecule has 4 amide bonds. The first-order valence-corrected chi connectivity index (χ1v) is 8.54. The molecule has 0 bridgehead atoms. The summed E-state index contributed by atoms with van der Waals surface area (Å²) in [6.07, 6.45) is 4.30. The Labute approximate surface area is 157 Å². The largest absolute Gasteiger partial charge is 0.493 e. The second-order valence-corrected chi connectivity index (χ2v) is 6.20. The van der Waals surface area contributed by atoms with Crippen molar-refractivity contribution in [3.8, 4) is 5.75 Å². The van der Waals surface area contributed by atoms with Crippen molar-refractivity contribution in [1.29, 1.82) is 0 Å². The van der Waals surface area contributed by atoms with Crippen LogP contribution in [0.2, 0.25) is 0 Å². The van der Waals surface area contributed by atoms with Crippen LogP contribution in [-0.2, 0) is 9.59 Å². The maximum Gasteiger partial charge on any atom is 0.336 e. The van der Waals surface area contributed by atoms with Gasteiger partial charge in [-0.05, 0) is 43.3 Å². The highest BCUT2D eigenvalue weighted by atomic mass is 79.9. The van der Waals surface area contributed by atoms with E-state index in [0.29, 0.717) is 17.9 Å². The highest BCUT2D eigenvalue weighted by molar-refractivity contribution is 9.10. The number of hydrogen-bond donors (Lipinski definition) is 1. The number of nitrogens with zero attached hydrogens (tertiary/aromatic N) is 2. The van der Waals surface area contributed by atoms with Crippen molar-refractivity contribution in [2.24, 2.45) is 0 Å². The molecule has 1 fully saturated rings. The minimum atomic E-state index is -0.815. The Balaban J connectivity index is 2.05. The quantitative estimate of drug-likeness (QED) is 0.612. The number of ether oxygens (including phenoxy) is 1. The molecule has 0 radical (unpaired) electrons. The van der Waals surface area contributed by atoms with Gasteiger partial charge in [0.15, 0.2) is 0 Å². The summed E-state index contributed by atoms with van der Waals surface area (Å²) in [6, 6.07) is 7.59. The topological polar surface area (TPSA) is 88.6 Å². The summed E-state index contributed by atoms with van der Waals surface area (Å²) in [6.45, 7) is 2.26. The lowest BCUT2D eigenvalue weighted by atomic mass is 10.1. The van der Waals surface area contributed by atoms with Gasteiger partial charge in [-0.2, -0.15) is 0 Å². The molecule has 1 aliphatic rings. The van der Waals surface area contributed by atoms with Crippen molar-refractivity contribution in [3.05, 3.63) is 58.3 Å². The zero-order valence-electron chi connectivity index (χ0n) is 13.7. The highest BCUT2D eigenvalue weighted by Crippen LogP contribution is 2.27. The predicted molar refractivity (Wildman–Crippen MR) is 98.5 cm³/mol. The first kappa shape index (κ1) is 17.8. The molecule has 1 saturated heterocycles. The Morgan fingerprint density at radius 2 is 2.08 bits per heavy atom. The molecule has 0 atom stereocenters. The summed E-state index contributed by atoms with van der Waals surface area (Å²) >= 11 is 3.36. The van der Waals surface area contributed by atoms with Crippen LogP contribution < -0.4 is 15.0 Å². The second kappa shape index (κ2) is 7.49. The first-order chi connectivity index (χ1) is 12.5. The molecule has 8 heteroatoms. The van der Waals surface area contributed by atoms with E-state index in [1.54, 1.807) is 30.3 Å². The molecule has 1 aromatic carbocycles. The monoisotopic (exact) mass is 415 g/mol. The fraction of sp³-hybridized carbons (Fsp3) is 0.111. The van der Waals surface area contributed by atoms with Gasteiger partial charge in [0, 0.05) is 16.2 Å². The second-order valence-electron chi connectivity index (χ2n) is 5.28. The van der Waals surface area contributed by atoms with Gasteiger partial charge in [-0.25, -0.2) is 9.69 Å². The van der Waals surface area contributed by atoms with Crippen LogP contribution >= 0.6 is 15.9 Å². The number of halogens is 1. The van der Waals surface area contributed by atoms with E-state index in [0.717, 1.165) is 9.37 Å². The Morgan fingerprint density at radius 3 is 2.77 bits per heavy atom. The number of pyridine rings is 1. The number of barbiturate groups is 1. The van der Waals surface area contributed by atoms with Crippen molar-refractivity contribution in [2.45, 2.75) is 6.92 Å². The summed E-state index contributed by atoms with van der Waals surface area (Å²) in [4.78, 5) is 41.9. The van der Waals surface area contributed by atoms with Crippen LogP contribution in [-0.4, -0.2) is 29.4 Å². The number of benzene rings is 1. The van der Waals surface area contributed by atoms with E-state index < -0.39 is 17.8 Å². The van der Waals surface area contributed by atoms with Crippen molar-refractivity contribution < 1.29 is 19.1 Å². The molecule has 0 saturated carbocycles. The van der Waals surface area contributed by atoms with Gasteiger partial charge in [0.1, 0.15) is 11.3 Å². The first-order valence-electron chi connectivity index (χ1n) is 7.75. The number of urea groups is 1. The van der Waals surface area contributed by atoms with Gasteiger partial charge < -0.3 is 4.74 Å². The molecule has 132 valence electrons. The highest BCUT2D eigenvalue weighted by Gasteiger charge is 2.37. The molecule has 0 spiro atoms. The van der Waals surface area contributed by atoms with Gasteiger partial charge in [0.25, 0.3) is 11.8 Å². The number of imide groups is 2. The third kappa shape index (κ3) is 3.50. The van der Waals surface area contributed by atoms with Crippen molar-refractivity contribution in [2.75, 3.05) is 11.5 Å². The third-order valence-corrected chi connectivity index (χ3v) is 4.07. The van der Waals surface area contributed by atoms with E-state index in [2.05, 4.69) is 26.2 Å². The molecular weight excluding hydrogens is 402 g/mol. The number of nitrogens with one attached hydrogen (secondary N) is 1. The lowest BCUT2D eigenvalue weighted by Gasteiger charge is -2.26. The van der Waals surface area contributed by atoms with Crippen LogP contribution in [0, 0.1) is 0 Å². The van der Waals surface area contributed by atoms with Crippen LogP contribution in [0.25, 0.3) is 6.08 Å². The molecule has 1 N–H and O–H groups in total. The molecule has 2 heterocycles. The summed E-state index contributed by atoms with van der Waals surface area (Å²) in [5.41, 5.74) is 0.639. The fourth-order valence-electron chi connectivity index (χ4n) is 2.45. The third-order valence-electron chi connectivity index (χ3n) is 3.58. The molecule has 0 unspecified atom stereocenters. The smallest absolute Gasteiger partial charge is 0.336 e. The summed E-state index contributed by atoms with van der Waals surface area (Å²) in [5.74, 6) is -0.967. The van der Waals surface area contributed by atoms with Crippen molar-refractivity contribution in [1.82, 2.24) is 10.3 Å². The van der Waals surface area contributed by atoms with Gasteiger partial charge in [-0.3, -0.25) is 19.9 Å². The predicted octanol–water partition coefficient (Wildman–Crippen LogP) is 2.91. The number of hydrogen-bond acceptors (Lipinski definition) is 5. The minimum Gasteiger partial charge on any atom is -0.493 e. The fourth-order valence-corrected chi connectivity index (χ4v) is 2.83. The number of anilines is 1. The Morgan fingerprint density at radius 1 is 1.27 bits per heavy atom. The Hall–Kier alpha value is -3.00. The van der Waals surface area contributed by atoms with E-state index in [1.807, 2.05) is 6.92 Å². The summed E-state index contributed by atoms with van der Waals surface area (Å²) in [5, 5.41) is 2.17. The lowest BCUT2D eigenvalue weighted by molar-refractivity contribution is -0.122. The molecule has 3 rings (SSSR count). The van der Waals surface area contributed by atoms with Crippen LogP contribution in [0.1, 0.15) is 12.5 Å². The van der Waals surface area contributed by atoms with Gasteiger partial charge >= 0.3 is 6.03 Å². The van der Waals surface area contributed by atoms with Gasteiger partial charge in [-0.1, -0.05) is 15.9 Å². The summed E-state index contributed by atoms with van der Waals surface area (Å²) < 4.78 is 6.30. The maximum atomic E-state index is 12.8. The van der Waals surface area contributed by atoms with Crippen LogP contribution in [0.4, 0.5) is 10.5 Å². The van der Waals surface area contributed by atoms with Gasteiger partial charge in [0.05, 0.1) is 18.5 Å². The van der Waals surface area contributed by atoms with Crippen molar-refractivity contribution in [3.63, 3.8) is 0 Å². The Bertz CT molecular complexity index is 912.